The molecule has 0 saturated carbocycles. The van der Waals surface area contributed by atoms with Gasteiger partial charge in [0.05, 0.1) is 0 Å². The summed E-state index contributed by atoms with van der Waals surface area (Å²) in [4.78, 5) is 64.7. The monoisotopic (exact) mass is 366 g/mol. The summed E-state index contributed by atoms with van der Waals surface area (Å²) >= 11 is 0. The van der Waals surface area contributed by atoms with Crippen LogP contribution in [-0.2, 0) is 13.7 Å². The quantitative estimate of drug-likeness (QED) is 0.145. The van der Waals surface area contributed by atoms with Crippen LogP contribution in [0.3, 0.4) is 0 Å². The number of phosphoric acid groups is 3. The fraction of sp³-hybridized carbons (Fsp3) is 0. The zero-order valence-corrected chi connectivity index (χ0v) is 9.27. The van der Waals surface area contributed by atoms with Crippen LogP contribution >= 0.6 is 23.5 Å². The van der Waals surface area contributed by atoms with Gasteiger partial charge in [0.15, 0.2) is 0 Å². The van der Waals surface area contributed by atoms with Crippen molar-refractivity contribution in [2.45, 2.75) is 0 Å². The molecule has 0 radical (unpaired) electrons. The van der Waals surface area contributed by atoms with Crippen molar-refractivity contribution in [2.75, 3.05) is 0 Å². The Balaban J connectivity index is -0.0000000277. The standard InChI is InChI=1S/3Na.3H3O4P.3H/c;;;3*1-5(2,3)4;;;/h;;;3*(H3,1,2,3,4);;;. The average Bonchev–Trinajstić information content (AvgIpc) is 1.41. The van der Waals surface area contributed by atoms with E-state index in [4.69, 9.17) is 57.7 Å². The van der Waals surface area contributed by atoms with Crippen molar-refractivity contribution in [3.05, 3.63) is 0 Å². The number of rotatable bonds is 0. The molecule has 102 valence electrons. The van der Waals surface area contributed by atoms with E-state index >= 15 is 0 Å². The minimum atomic E-state index is -4.64. The van der Waals surface area contributed by atoms with E-state index in [0.29, 0.717) is 0 Å². The van der Waals surface area contributed by atoms with E-state index in [2.05, 4.69) is 0 Å². The van der Waals surface area contributed by atoms with E-state index in [9.17, 15) is 0 Å². The number of hydrogen-bond acceptors (Lipinski definition) is 3. The summed E-state index contributed by atoms with van der Waals surface area (Å²) in [5.41, 5.74) is 0. The Morgan fingerprint density at radius 3 is 0.389 bits per heavy atom. The van der Waals surface area contributed by atoms with Gasteiger partial charge in [0.1, 0.15) is 0 Å². The maximum absolute atomic E-state index is 8.88. The molecule has 0 bridgehead atoms. The third-order valence-electron chi connectivity index (χ3n) is 0. The summed E-state index contributed by atoms with van der Waals surface area (Å²) in [5.74, 6) is 0. The summed E-state index contributed by atoms with van der Waals surface area (Å²) in [6.45, 7) is 0. The van der Waals surface area contributed by atoms with Gasteiger partial charge in [0.25, 0.3) is 0 Å². The first kappa shape index (κ1) is 37.5. The van der Waals surface area contributed by atoms with Crippen molar-refractivity contribution >= 4 is 112 Å². The summed E-state index contributed by atoms with van der Waals surface area (Å²) in [6.07, 6.45) is 0. The predicted octanol–water partition coefficient (Wildman–Crippen LogP) is -4.73. The van der Waals surface area contributed by atoms with Crippen molar-refractivity contribution in [1.82, 2.24) is 0 Å². The van der Waals surface area contributed by atoms with Crippen LogP contribution in [0.1, 0.15) is 0 Å². The predicted molar refractivity (Wildman–Crippen MR) is 64.2 cm³/mol. The van der Waals surface area contributed by atoms with Gasteiger partial charge in [-0.15, -0.1) is 0 Å². The van der Waals surface area contributed by atoms with Gasteiger partial charge in [0, 0.05) is 0 Å². The molecule has 0 saturated heterocycles. The van der Waals surface area contributed by atoms with Gasteiger partial charge >= 0.3 is 112 Å². The fourth-order valence-electron chi connectivity index (χ4n) is 0. The van der Waals surface area contributed by atoms with Gasteiger partial charge in [-0.3, -0.25) is 0 Å². The molecule has 0 heterocycles. The van der Waals surface area contributed by atoms with Gasteiger partial charge in [-0.25, -0.2) is 13.7 Å². The first-order valence-electron chi connectivity index (χ1n) is 2.35. The first-order chi connectivity index (χ1) is 6.00. The van der Waals surface area contributed by atoms with Crippen molar-refractivity contribution in [1.29, 1.82) is 0 Å². The molecule has 0 fully saturated rings. The normalized spacial score (nSPS) is 9.83. The van der Waals surface area contributed by atoms with E-state index in [1.165, 1.54) is 0 Å². The molecule has 0 aliphatic rings. The Bertz CT molecular complexity index is 209. The summed E-state index contributed by atoms with van der Waals surface area (Å²) in [7, 11) is -13.9. The van der Waals surface area contributed by atoms with Gasteiger partial charge in [-0.1, -0.05) is 0 Å². The van der Waals surface area contributed by atoms with Crippen LogP contribution in [0.25, 0.3) is 0 Å². The molecule has 0 amide bonds. The van der Waals surface area contributed by atoms with Crippen LogP contribution < -0.4 is 0 Å². The van der Waals surface area contributed by atoms with Crippen molar-refractivity contribution in [2.24, 2.45) is 0 Å². The second kappa shape index (κ2) is 16.7. The molecular formula is H12Na3O12P3. The molecule has 0 aliphatic carbocycles. The SMILES string of the molecule is O=P(O)(O)O.O=P(O)(O)O.O=P(O)(O)O.[NaH].[NaH].[NaH]. The molecule has 0 unspecified atom stereocenters. The van der Waals surface area contributed by atoms with Crippen LogP contribution in [0.4, 0.5) is 0 Å². The van der Waals surface area contributed by atoms with Gasteiger partial charge in [-0.2, -0.15) is 0 Å². The van der Waals surface area contributed by atoms with Crippen molar-refractivity contribution in [3.63, 3.8) is 0 Å². The molecule has 0 rings (SSSR count). The zero-order chi connectivity index (χ0) is 13.5. The summed E-state index contributed by atoms with van der Waals surface area (Å²) in [6, 6.07) is 0. The van der Waals surface area contributed by atoms with E-state index in [1.807, 2.05) is 0 Å². The molecule has 0 atom stereocenters. The summed E-state index contributed by atoms with van der Waals surface area (Å²) < 4.78 is 26.6. The Labute approximate surface area is 167 Å². The molecule has 0 spiro atoms. The molecule has 0 aromatic rings. The van der Waals surface area contributed by atoms with Gasteiger partial charge in [-0.05, 0) is 0 Å². The zero-order valence-electron chi connectivity index (χ0n) is 6.59. The van der Waals surface area contributed by atoms with E-state index in [0.717, 1.165) is 0 Å². The topological polar surface area (TPSA) is 233 Å². The van der Waals surface area contributed by atoms with Crippen LogP contribution in [0.15, 0.2) is 0 Å². The second-order valence-corrected chi connectivity index (χ2v) is 4.62. The Morgan fingerprint density at radius 1 is 0.389 bits per heavy atom. The molecule has 18 heavy (non-hydrogen) atoms. The molecule has 18 heteroatoms. The maximum atomic E-state index is 8.88. The van der Waals surface area contributed by atoms with E-state index in [-0.39, 0.29) is 88.7 Å². The van der Waals surface area contributed by atoms with Gasteiger partial charge < -0.3 is 44.0 Å². The third kappa shape index (κ3) is 586. The van der Waals surface area contributed by atoms with Crippen molar-refractivity contribution < 1.29 is 57.7 Å². The van der Waals surface area contributed by atoms with Crippen LogP contribution in [0, 0.1) is 0 Å². The van der Waals surface area contributed by atoms with Crippen LogP contribution in [-0.4, -0.2) is 133 Å². The van der Waals surface area contributed by atoms with Gasteiger partial charge in [0.2, 0.25) is 0 Å². The molecule has 0 aliphatic heterocycles. The third-order valence-corrected chi connectivity index (χ3v) is 0. The Morgan fingerprint density at radius 2 is 0.389 bits per heavy atom. The Kier molecular flexibility index (Phi) is 34.8. The van der Waals surface area contributed by atoms with Crippen LogP contribution in [0.2, 0.25) is 0 Å². The molecule has 0 aromatic carbocycles. The molecule has 12 nitrogen and oxygen atoms in total. The second-order valence-electron chi connectivity index (χ2n) is 1.54. The summed E-state index contributed by atoms with van der Waals surface area (Å²) in [5, 5.41) is 0. The Hall–Kier alpha value is 3.33. The fourth-order valence-corrected chi connectivity index (χ4v) is 0. The molecular weight excluding hydrogens is 354 g/mol. The minimum absolute atomic E-state index is 0. The molecule has 0 aromatic heterocycles. The van der Waals surface area contributed by atoms with E-state index in [1.54, 1.807) is 0 Å². The van der Waals surface area contributed by atoms with E-state index < -0.39 is 23.5 Å². The van der Waals surface area contributed by atoms with Crippen molar-refractivity contribution in [3.8, 4) is 0 Å². The number of hydrogen-bond donors (Lipinski definition) is 9. The molecule has 9 N–H and O–H groups in total. The first-order valence-corrected chi connectivity index (χ1v) is 7.04. The van der Waals surface area contributed by atoms with Crippen LogP contribution in [0.5, 0.6) is 0 Å². The average molecular weight is 366 g/mol.